The fourth-order valence-electron chi connectivity index (χ4n) is 1.42. The Morgan fingerprint density at radius 3 is 2.47 bits per heavy atom. The first-order valence-corrected chi connectivity index (χ1v) is 5.37. The van der Waals surface area contributed by atoms with Gasteiger partial charge in [-0.2, -0.15) is 13.2 Å². The van der Waals surface area contributed by atoms with E-state index >= 15 is 0 Å². The Morgan fingerprint density at radius 1 is 1.29 bits per heavy atom. The predicted molar refractivity (Wildman–Crippen MR) is 56.3 cm³/mol. The Morgan fingerprint density at radius 2 is 1.94 bits per heavy atom. The summed E-state index contributed by atoms with van der Waals surface area (Å²) < 4.78 is 48.4. The van der Waals surface area contributed by atoms with Crippen LogP contribution in [-0.4, -0.2) is 11.3 Å². The molecule has 96 valence electrons. The van der Waals surface area contributed by atoms with Crippen molar-refractivity contribution in [3.63, 3.8) is 0 Å². The van der Waals surface area contributed by atoms with E-state index in [9.17, 15) is 22.7 Å². The van der Waals surface area contributed by atoms with Crippen LogP contribution in [0.5, 0.6) is 0 Å². The van der Waals surface area contributed by atoms with Crippen LogP contribution in [0.15, 0.2) is 18.2 Å². The molecule has 0 aliphatic carbocycles. The van der Waals surface area contributed by atoms with Gasteiger partial charge in [0.15, 0.2) is 0 Å². The number of aliphatic hydroxyl groups excluding tert-OH is 1. The molecule has 0 heterocycles. The summed E-state index contributed by atoms with van der Waals surface area (Å²) in [4.78, 5) is 0. The first-order chi connectivity index (χ1) is 7.79. The van der Waals surface area contributed by atoms with Gasteiger partial charge in [0.25, 0.3) is 0 Å². The molecule has 1 aromatic rings. The number of rotatable bonds is 4. The molecule has 1 atom stereocenters. The highest BCUT2D eigenvalue weighted by molar-refractivity contribution is 6.31. The second-order valence-corrected chi connectivity index (χ2v) is 4.10. The topological polar surface area (TPSA) is 20.2 Å². The smallest absolute Gasteiger partial charge is 0.388 e. The number of hydrogen-bond donors (Lipinski definition) is 1. The van der Waals surface area contributed by atoms with Crippen LogP contribution in [-0.2, 0) is 0 Å². The van der Waals surface area contributed by atoms with Gasteiger partial charge in [0.05, 0.1) is 6.10 Å². The molecule has 0 saturated carbocycles. The standard InChI is InChI=1S/C11H11ClF4O/c12-9-6-7(13)3-4-8(9)10(17)2-1-5-11(14,15)16/h3-4,6,10,17H,1-2,5H2. The molecular formula is C11H11ClF4O. The van der Waals surface area contributed by atoms with E-state index in [1.807, 2.05) is 0 Å². The van der Waals surface area contributed by atoms with Crippen molar-refractivity contribution >= 4 is 11.6 Å². The number of hydrogen-bond acceptors (Lipinski definition) is 1. The first kappa shape index (κ1) is 14.3. The average molecular weight is 271 g/mol. The summed E-state index contributed by atoms with van der Waals surface area (Å²) in [6.07, 6.45) is -6.55. The molecule has 0 spiro atoms. The molecule has 0 radical (unpaired) electrons. The summed E-state index contributed by atoms with van der Waals surface area (Å²) in [6, 6.07) is 3.40. The normalized spacial score (nSPS) is 13.8. The Labute approximate surface area is 101 Å². The van der Waals surface area contributed by atoms with Crippen LogP contribution in [0.25, 0.3) is 0 Å². The maximum absolute atomic E-state index is 12.7. The molecule has 0 bridgehead atoms. The highest BCUT2D eigenvalue weighted by Gasteiger charge is 2.26. The minimum absolute atomic E-state index is 0.0181. The SMILES string of the molecule is OC(CCCC(F)(F)F)c1ccc(F)cc1Cl. The highest BCUT2D eigenvalue weighted by atomic mass is 35.5. The molecule has 6 heteroatoms. The van der Waals surface area contributed by atoms with Crippen molar-refractivity contribution in [3.8, 4) is 0 Å². The number of halogens is 5. The Bertz CT molecular complexity index is 378. The summed E-state index contributed by atoms with van der Waals surface area (Å²) in [7, 11) is 0. The lowest BCUT2D eigenvalue weighted by atomic mass is 10.0. The van der Waals surface area contributed by atoms with Crippen molar-refractivity contribution in [3.05, 3.63) is 34.6 Å². The molecule has 17 heavy (non-hydrogen) atoms. The van der Waals surface area contributed by atoms with E-state index in [1.54, 1.807) is 0 Å². The molecule has 0 aliphatic heterocycles. The number of aliphatic hydroxyl groups is 1. The zero-order chi connectivity index (χ0) is 13.1. The second-order valence-electron chi connectivity index (χ2n) is 3.69. The van der Waals surface area contributed by atoms with Crippen molar-refractivity contribution in [2.45, 2.75) is 31.5 Å². The summed E-state index contributed by atoms with van der Waals surface area (Å²) in [5, 5.41) is 9.63. The van der Waals surface area contributed by atoms with Crippen LogP contribution in [0, 0.1) is 5.82 Å². The largest absolute Gasteiger partial charge is 0.389 e. The highest BCUT2D eigenvalue weighted by Crippen LogP contribution is 2.29. The summed E-state index contributed by atoms with van der Waals surface area (Å²) in [6.45, 7) is 0. The number of benzene rings is 1. The molecule has 1 aromatic carbocycles. The van der Waals surface area contributed by atoms with Crippen LogP contribution in [0.2, 0.25) is 5.02 Å². The molecule has 0 amide bonds. The van der Waals surface area contributed by atoms with Crippen molar-refractivity contribution < 1.29 is 22.7 Å². The lowest BCUT2D eigenvalue weighted by molar-refractivity contribution is -0.136. The summed E-state index contributed by atoms with van der Waals surface area (Å²) in [5.74, 6) is -0.554. The fraction of sp³-hybridized carbons (Fsp3) is 0.455. The van der Waals surface area contributed by atoms with E-state index in [-0.39, 0.29) is 23.4 Å². The quantitative estimate of drug-likeness (QED) is 0.811. The third-order valence-electron chi connectivity index (χ3n) is 2.26. The van der Waals surface area contributed by atoms with Gasteiger partial charge in [-0.1, -0.05) is 17.7 Å². The van der Waals surface area contributed by atoms with E-state index < -0.39 is 24.5 Å². The maximum Gasteiger partial charge on any atom is 0.389 e. The summed E-state index contributed by atoms with van der Waals surface area (Å²) >= 11 is 5.67. The predicted octanol–water partition coefficient (Wildman–Crippen LogP) is 4.25. The van der Waals surface area contributed by atoms with Gasteiger partial charge in [-0.25, -0.2) is 4.39 Å². The van der Waals surface area contributed by atoms with Gasteiger partial charge in [0.2, 0.25) is 0 Å². The zero-order valence-electron chi connectivity index (χ0n) is 8.77. The molecular weight excluding hydrogens is 260 g/mol. The molecule has 0 aliphatic rings. The fourth-order valence-corrected chi connectivity index (χ4v) is 1.72. The lowest BCUT2D eigenvalue weighted by Crippen LogP contribution is -2.08. The minimum Gasteiger partial charge on any atom is -0.388 e. The Balaban J connectivity index is 2.55. The summed E-state index contributed by atoms with van der Waals surface area (Å²) in [5.41, 5.74) is 0.246. The molecule has 0 aromatic heterocycles. The number of alkyl halides is 3. The van der Waals surface area contributed by atoms with E-state index in [0.29, 0.717) is 0 Å². The van der Waals surface area contributed by atoms with E-state index in [0.717, 1.165) is 12.1 Å². The van der Waals surface area contributed by atoms with Crippen LogP contribution in [0.1, 0.15) is 30.9 Å². The van der Waals surface area contributed by atoms with Crippen molar-refractivity contribution in [1.29, 1.82) is 0 Å². The van der Waals surface area contributed by atoms with E-state index in [2.05, 4.69) is 0 Å². The molecule has 1 rings (SSSR count). The van der Waals surface area contributed by atoms with E-state index in [4.69, 9.17) is 11.6 Å². The van der Waals surface area contributed by atoms with Crippen molar-refractivity contribution in [2.75, 3.05) is 0 Å². The van der Waals surface area contributed by atoms with Crippen molar-refractivity contribution in [2.24, 2.45) is 0 Å². The van der Waals surface area contributed by atoms with Gasteiger partial charge < -0.3 is 5.11 Å². The zero-order valence-corrected chi connectivity index (χ0v) is 9.52. The van der Waals surface area contributed by atoms with E-state index in [1.165, 1.54) is 6.07 Å². The third kappa shape index (κ3) is 4.91. The molecule has 0 saturated heterocycles. The molecule has 1 nitrogen and oxygen atoms in total. The van der Waals surface area contributed by atoms with Gasteiger partial charge >= 0.3 is 6.18 Å². The Kier molecular flexibility index (Phi) is 4.77. The average Bonchev–Trinajstić information content (AvgIpc) is 2.15. The van der Waals surface area contributed by atoms with Gasteiger partial charge in [-0.05, 0) is 30.5 Å². The van der Waals surface area contributed by atoms with Crippen molar-refractivity contribution in [1.82, 2.24) is 0 Å². The lowest BCUT2D eigenvalue weighted by Gasteiger charge is -2.13. The van der Waals surface area contributed by atoms with Crippen LogP contribution in [0.4, 0.5) is 17.6 Å². The van der Waals surface area contributed by atoms with Gasteiger partial charge in [-0.15, -0.1) is 0 Å². The van der Waals surface area contributed by atoms with Crippen LogP contribution in [0.3, 0.4) is 0 Å². The van der Waals surface area contributed by atoms with Gasteiger partial charge in [0, 0.05) is 11.4 Å². The van der Waals surface area contributed by atoms with Crippen LogP contribution < -0.4 is 0 Å². The second kappa shape index (κ2) is 5.69. The van der Waals surface area contributed by atoms with Gasteiger partial charge in [-0.3, -0.25) is 0 Å². The molecule has 1 unspecified atom stereocenters. The minimum atomic E-state index is -4.23. The molecule has 1 N–H and O–H groups in total. The first-order valence-electron chi connectivity index (χ1n) is 4.99. The Hall–Kier alpha value is -0.810. The molecule has 0 fully saturated rings. The maximum atomic E-state index is 12.7. The third-order valence-corrected chi connectivity index (χ3v) is 2.59. The van der Waals surface area contributed by atoms with Crippen LogP contribution >= 0.6 is 11.6 Å². The van der Waals surface area contributed by atoms with Gasteiger partial charge in [0.1, 0.15) is 5.82 Å². The monoisotopic (exact) mass is 270 g/mol.